The van der Waals surface area contributed by atoms with Crippen LogP contribution in [0.25, 0.3) is 0 Å². The molecule has 0 radical (unpaired) electrons. The Balaban J connectivity index is 1.76. The summed E-state index contributed by atoms with van der Waals surface area (Å²) in [4.78, 5) is 16.9. The minimum atomic E-state index is -0.0160. The van der Waals surface area contributed by atoms with Crippen molar-refractivity contribution in [3.05, 3.63) is 90.0 Å². The van der Waals surface area contributed by atoms with Gasteiger partial charge in [-0.05, 0) is 41.5 Å². The first-order valence-corrected chi connectivity index (χ1v) is 8.61. The van der Waals surface area contributed by atoms with Gasteiger partial charge in [0.1, 0.15) is 5.75 Å². The van der Waals surface area contributed by atoms with Gasteiger partial charge >= 0.3 is 6.03 Å². The normalized spacial score (nSPS) is 13.5. The zero-order valence-electron chi connectivity index (χ0n) is 14.6. The van der Waals surface area contributed by atoms with Crippen molar-refractivity contribution >= 4 is 17.4 Å². The summed E-state index contributed by atoms with van der Waals surface area (Å²) in [7, 11) is 1.66. The van der Waals surface area contributed by atoms with Crippen molar-refractivity contribution < 1.29 is 9.53 Å². The Morgan fingerprint density at radius 1 is 0.923 bits per heavy atom. The summed E-state index contributed by atoms with van der Waals surface area (Å²) in [6.07, 6.45) is 0. The predicted molar refractivity (Wildman–Crippen MR) is 103 cm³/mol. The molecule has 3 aromatic carbocycles. The number of ether oxygens (including phenoxy) is 1. The predicted octanol–water partition coefficient (Wildman–Crippen LogP) is 4.97. The number of amides is 2. The van der Waals surface area contributed by atoms with E-state index < -0.39 is 0 Å². The van der Waals surface area contributed by atoms with E-state index in [9.17, 15) is 4.79 Å². The van der Waals surface area contributed by atoms with Gasteiger partial charge < -0.3 is 9.64 Å². The molecule has 0 aliphatic carbocycles. The molecule has 0 atom stereocenters. The Hall–Kier alpha value is -3.27. The van der Waals surface area contributed by atoms with Gasteiger partial charge in [-0.3, -0.25) is 4.90 Å². The molecule has 26 heavy (non-hydrogen) atoms. The number of hydrogen-bond acceptors (Lipinski definition) is 2. The molecule has 0 aromatic heterocycles. The fourth-order valence-electron chi connectivity index (χ4n) is 3.31. The van der Waals surface area contributed by atoms with Crippen LogP contribution in [0, 0.1) is 0 Å². The topological polar surface area (TPSA) is 32.8 Å². The number of urea groups is 1. The fraction of sp³-hybridized carbons (Fsp3) is 0.136. The number of hydrogen-bond donors (Lipinski definition) is 0. The van der Waals surface area contributed by atoms with Crippen molar-refractivity contribution in [3.63, 3.8) is 0 Å². The van der Waals surface area contributed by atoms with Crippen LogP contribution in [0.1, 0.15) is 11.1 Å². The van der Waals surface area contributed by atoms with E-state index in [1.807, 2.05) is 83.8 Å². The van der Waals surface area contributed by atoms with Crippen LogP contribution in [-0.4, -0.2) is 18.0 Å². The van der Waals surface area contributed by atoms with Crippen LogP contribution in [-0.2, 0) is 13.1 Å². The van der Waals surface area contributed by atoms with E-state index in [0.717, 1.165) is 28.3 Å². The lowest BCUT2D eigenvalue weighted by atomic mass is 10.1. The molecule has 1 aliphatic heterocycles. The van der Waals surface area contributed by atoms with Gasteiger partial charge in [-0.2, -0.15) is 0 Å². The molecule has 1 heterocycles. The number of para-hydroxylation sites is 1. The fourth-order valence-corrected chi connectivity index (χ4v) is 3.31. The van der Waals surface area contributed by atoms with E-state index in [-0.39, 0.29) is 6.03 Å². The molecule has 0 fully saturated rings. The molecule has 4 nitrogen and oxygen atoms in total. The number of methoxy groups -OCH3 is 1. The Bertz CT molecular complexity index is 910. The van der Waals surface area contributed by atoms with Gasteiger partial charge in [-0.1, -0.05) is 48.5 Å². The molecular weight excluding hydrogens is 324 g/mol. The monoisotopic (exact) mass is 344 g/mol. The summed E-state index contributed by atoms with van der Waals surface area (Å²) in [6.45, 7) is 1.13. The molecule has 0 N–H and O–H groups in total. The second-order valence-corrected chi connectivity index (χ2v) is 6.29. The van der Waals surface area contributed by atoms with Crippen molar-refractivity contribution in [1.29, 1.82) is 0 Å². The quantitative estimate of drug-likeness (QED) is 0.669. The summed E-state index contributed by atoms with van der Waals surface area (Å²) < 4.78 is 5.38. The van der Waals surface area contributed by atoms with Crippen molar-refractivity contribution in [2.24, 2.45) is 0 Å². The number of carbonyl (C=O) groups is 1. The van der Waals surface area contributed by atoms with E-state index in [1.54, 1.807) is 12.0 Å². The van der Waals surface area contributed by atoms with Gasteiger partial charge in [-0.15, -0.1) is 0 Å². The number of carbonyl (C=O) groups excluding carboxylic acids is 1. The lowest BCUT2D eigenvalue weighted by Crippen LogP contribution is -2.44. The van der Waals surface area contributed by atoms with Crippen molar-refractivity contribution in [2.75, 3.05) is 12.0 Å². The van der Waals surface area contributed by atoms with E-state index in [2.05, 4.69) is 0 Å². The third-order valence-electron chi connectivity index (χ3n) is 4.58. The average Bonchev–Trinajstić information content (AvgIpc) is 2.70. The Labute approximate surface area is 153 Å². The van der Waals surface area contributed by atoms with Gasteiger partial charge in [0, 0.05) is 13.1 Å². The molecule has 1 aliphatic rings. The standard InChI is InChI=1S/C22H20N2O2/c1-26-20-12-13-21-18(14-20)16-23(15-17-8-4-2-5-9-17)22(25)24(21)19-10-6-3-7-11-19/h2-14H,15-16H2,1H3. The molecule has 0 saturated heterocycles. The van der Waals surface area contributed by atoms with E-state index in [4.69, 9.17) is 4.74 Å². The van der Waals surface area contributed by atoms with Crippen LogP contribution >= 0.6 is 0 Å². The van der Waals surface area contributed by atoms with E-state index >= 15 is 0 Å². The first-order valence-electron chi connectivity index (χ1n) is 8.61. The Morgan fingerprint density at radius 3 is 2.31 bits per heavy atom. The van der Waals surface area contributed by atoms with Crippen LogP contribution in [0.15, 0.2) is 78.9 Å². The third kappa shape index (κ3) is 3.02. The van der Waals surface area contributed by atoms with Gasteiger partial charge in [0.2, 0.25) is 0 Å². The summed E-state index contributed by atoms with van der Waals surface area (Å²) in [5.41, 5.74) is 3.96. The Morgan fingerprint density at radius 2 is 1.62 bits per heavy atom. The Kier molecular flexibility index (Phi) is 4.32. The molecule has 0 saturated carbocycles. The van der Waals surface area contributed by atoms with Crippen LogP contribution in [0.2, 0.25) is 0 Å². The minimum Gasteiger partial charge on any atom is -0.497 e. The van der Waals surface area contributed by atoms with Crippen molar-refractivity contribution in [1.82, 2.24) is 4.90 Å². The average molecular weight is 344 g/mol. The maximum Gasteiger partial charge on any atom is 0.329 e. The molecule has 0 spiro atoms. The zero-order valence-corrected chi connectivity index (χ0v) is 14.6. The third-order valence-corrected chi connectivity index (χ3v) is 4.58. The lowest BCUT2D eigenvalue weighted by Gasteiger charge is -2.37. The zero-order chi connectivity index (χ0) is 17.9. The van der Waals surface area contributed by atoms with Gasteiger partial charge in [0.05, 0.1) is 18.5 Å². The minimum absolute atomic E-state index is 0.0160. The number of fused-ring (bicyclic) bond motifs is 1. The van der Waals surface area contributed by atoms with Crippen LogP contribution < -0.4 is 9.64 Å². The van der Waals surface area contributed by atoms with Crippen LogP contribution in [0.3, 0.4) is 0 Å². The van der Waals surface area contributed by atoms with Gasteiger partial charge in [0.15, 0.2) is 0 Å². The van der Waals surface area contributed by atoms with E-state index in [1.165, 1.54) is 0 Å². The number of rotatable bonds is 4. The highest BCUT2D eigenvalue weighted by Gasteiger charge is 2.31. The highest BCUT2D eigenvalue weighted by Crippen LogP contribution is 2.37. The summed E-state index contributed by atoms with van der Waals surface area (Å²) in [5, 5.41) is 0. The van der Waals surface area contributed by atoms with E-state index in [0.29, 0.717) is 13.1 Å². The van der Waals surface area contributed by atoms with Gasteiger partial charge in [0.25, 0.3) is 0 Å². The lowest BCUT2D eigenvalue weighted by molar-refractivity contribution is 0.198. The molecule has 4 rings (SSSR count). The molecule has 2 amide bonds. The molecule has 130 valence electrons. The van der Waals surface area contributed by atoms with Crippen LogP contribution in [0.4, 0.5) is 16.2 Å². The smallest absolute Gasteiger partial charge is 0.329 e. The number of anilines is 2. The second kappa shape index (κ2) is 6.92. The summed E-state index contributed by atoms with van der Waals surface area (Å²) >= 11 is 0. The number of nitrogens with zero attached hydrogens (tertiary/aromatic N) is 2. The largest absolute Gasteiger partial charge is 0.497 e. The SMILES string of the molecule is COc1ccc2c(c1)CN(Cc1ccccc1)C(=O)N2c1ccccc1. The highest BCUT2D eigenvalue weighted by atomic mass is 16.5. The highest BCUT2D eigenvalue weighted by molar-refractivity contribution is 6.01. The second-order valence-electron chi connectivity index (χ2n) is 6.29. The maximum atomic E-state index is 13.3. The molecule has 0 unspecified atom stereocenters. The first-order chi connectivity index (χ1) is 12.8. The van der Waals surface area contributed by atoms with Crippen LogP contribution in [0.5, 0.6) is 5.75 Å². The molecule has 4 heteroatoms. The van der Waals surface area contributed by atoms with Crippen molar-refractivity contribution in [3.8, 4) is 5.75 Å². The first kappa shape index (κ1) is 16.2. The molecule has 0 bridgehead atoms. The number of benzene rings is 3. The molecule has 3 aromatic rings. The molecular formula is C22H20N2O2. The summed E-state index contributed by atoms with van der Waals surface area (Å²) in [5.74, 6) is 0.797. The maximum absolute atomic E-state index is 13.3. The van der Waals surface area contributed by atoms with Crippen molar-refractivity contribution in [2.45, 2.75) is 13.1 Å². The summed E-state index contributed by atoms with van der Waals surface area (Å²) in [6, 6.07) is 25.7. The van der Waals surface area contributed by atoms with Gasteiger partial charge in [-0.25, -0.2) is 4.79 Å².